The average Bonchev–Trinajstić information content (AvgIpc) is 3.10. The minimum atomic E-state index is -0.733. The summed E-state index contributed by atoms with van der Waals surface area (Å²) in [4.78, 5) is 12.4. The van der Waals surface area contributed by atoms with Gasteiger partial charge >= 0.3 is 6.09 Å². The molecule has 0 aromatic heterocycles. The standard InChI is InChI=1S/C19H20BrNO6/c1-11(6-7-22)18(14-8-12(20)2-4-15(14)23)27-19(24)21-13-3-5-16-17(9-13)26-10-25-16/h2-5,8-9,11,18,22-23H,6-7,10H2,1H3,(H,21,24)/t11-,18-/m0/s1. The van der Waals surface area contributed by atoms with Crippen molar-refractivity contribution in [3.8, 4) is 17.2 Å². The van der Waals surface area contributed by atoms with Crippen molar-refractivity contribution >= 4 is 27.7 Å². The Morgan fingerprint density at radius 3 is 2.81 bits per heavy atom. The molecule has 3 rings (SSSR count). The number of aliphatic hydroxyl groups is 1. The second-order valence-electron chi connectivity index (χ2n) is 6.21. The van der Waals surface area contributed by atoms with Crippen LogP contribution in [-0.2, 0) is 4.74 Å². The number of aromatic hydroxyl groups is 1. The smallest absolute Gasteiger partial charge is 0.412 e. The fraction of sp³-hybridized carbons (Fsp3) is 0.316. The van der Waals surface area contributed by atoms with Gasteiger partial charge in [-0.1, -0.05) is 22.9 Å². The Kier molecular flexibility index (Phi) is 6.08. The molecular formula is C19H20BrNO6. The van der Waals surface area contributed by atoms with Crippen molar-refractivity contribution in [3.05, 3.63) is 46.4 Å². The quantitative estimate of drug-likeness (QED) is 0.626. The topological polar surface area (TPSA) is 97.3 Å². The summed E-state index contributed by atoms with van der Waals surface area (Å²) in [5.74, 6) is 0.964. The zero-order valence-corrected chi connectivity index (χ0v) is 16.2. The maximum Gasteiger partial charge on any atom is 0.412 e. The van der Waals surface area contributed by atoms with Crippen molar-refractivity contribution in [2.24, 2.45) is 5.92 Å². The first-order valence-corrected chi connectivity index (χ1v) is 9.24. The molecule has 1 aliphatic rings. The van der Waals surface area contributed by atoms with E-state index in [2.05, 4.69) is 21.2 Å². The van der Waals surface area contributed by atoms with E-state index in [1.165, 1.54) is 6.07 Å². The third-order valence-corrected chi connectivity index (χ3v) is 4.74. The predicted octanol–water partition coefficient (Wildman–Crippen LogP) is 4.19. The molecule has 3 N–H and O–H groups in total. The van der Waals surface area contributed by atoms with E-state index in [0.717, 1.165) is 4.47 Å². The molecule has 144 valence electrons. The van der Waals surface area contributed by atoms with Gasteiger partial charge in [0.1, 0.15) is 11.9 Å². The lowest BCUT2D eigenvalue weighted by atomic mass is 9.94. The van der Waals surface area contributed by atoms with Crippen LogP contribution in [0.3, 0.4) is 0 Å². The molecule has 27 heavy (non-hydrogen) atoms. The van der Waals surface area contributed by atoms with Crippen LogP contribution >= 0.6 is 15.9 Å². The molecule has 7 nitrogen and oxygen atoms in total. The fourth-order valence-electron chi connectivity index (χ4n) is 2.83. The molecule has 0 aliphatic carbocycles. The van der Waals surface area contributed by atoms with E-state index in [9.17, 15) is 15.0 Å². The van der Waals surface area contributed by atoms with Crippen LogP contribution in [0.25, 0.3) is 0 Å². The number of hydrogen-bond donors (Lipinski definition) is 3. The summed E-state index contributed by atoms with van der Waals surface area (Å²) in [6, 6.07) is 9.94. The first-order valence-electron chi connectivity index (χ1n) is 8.44. The number of rotatable bonds is 6. The zero-order valence-electron chi connectivity index (χ0n) is 14.6. The minimum Gasteiger partial charge on any atom is -0.508 e. The van der Waals surface area contributed by atoms with Gasteiger partial charge in [-0.3, -0.25) is 5.32 Å². The molecule has 0 fully saturated rings. The van der Waals surface area contributed by atoms with Crippen LogP contribution in [0.4, 0.5) is 10.5 Å². The summed E-state index contributed by atoms with van der Waals surface area (Å²) >= 11 is 3.36. The van der Waals surface area contributed by atoms with Crippen molar-refractivity contribution in [1.82, 2.24) is 0 Å². The van der Waals surface area contributed by atoms with Crippen molar-refractivity contribution in [2.45, 2.75) is 19.4 Å². The van der Waals surface area contributed by atoms with Crippen molar-refractivity contribution in [2.75, 3.05) is 18.7 Å². The number of phenols is 1. The fourth-order valence-corrected chi connectivity index (χ4v) is 3.21. The third-order valence-electron chi connectivity index (χ3n) is 4.25. The highest BCUT2D eigenvalue weighted by molar-refractivity contribution is 9.10. The average molecular weight is 438 g/mol. The Bertz CT molecular complexity index is 828. The highest BCUT2D eigenvalue weighted by Crippen LogP contribution is 2.37. The van der Waals surface area contributed by atoms with E-state index in [0.29, 0.717) is 29.2 Å². The van der Waals surface area contributed by atoms with E-state index in [1.807, 2.05) is 6.92 Å². The molecule has 0 bridgehead atoms. The second kappa shape index (κ2) is 8.49. The van der Waals surface area contributed by atoms with Crippen LogP contribution in [0.15, 0.2) is 40.9 Å². The van der Waals surface area contributed by atoms with Crippen LogP contribution in [0.5, 0.6) is 17.2 Å². The second-order valence-corrected chi connectivity index (χ2v) is 7.13. The first-order chi connectivity index (χ1) is 13.0. The number of aliphatic hydroxyl groups excluding tert-OH is 1. The van der Waals surface area contributed by atoms with Crippen LogP contribution < -0.4 is 14.8 Å². The van der Waals surface area contributed by atoms with Crippen LogP contribution in [0.2, 0.25) is 0 Å². The molecule has 2 atom stereocenters. The SMILES string of the molecule is C[C@@H](CCO)[C@H](OC(=O)Nc1ccc2c(c1)OCO2)c1cc(Br)ccc1O. The highest BCUT2D eigenvalue weighted by atomic mass is 79.9. The zero-order chi connectivity index (χ0) is 19.4. The molecule has 8 heteroatoms. The normalized spacial score (nSPS) is 14.5. The van der Waals surface area contributed by atoms with Gasteiger partial charge in [-0.05, 0) is 42.7 Å². The largest absolute Gasteiger partial charge is 0.508 e. The van der Waals surface area contributed by atoms with Crippen LogP contribution in [-0.4, -0.2) is 29.7 Å². The molecule has 0 spiro atoms. The molecule has 0 unspecified atom stereocenters. The Morgan fingerprint density at radius 1 is 1.26 bits per heavy atom. The van der Waals surface area contributed by atoms with Gasteiger partial charge in [0, 0.05) is 28.4 Å². The number of halogens is 1. The Labute approximate surface area is 165 Å². The lowest BCUT2D eigenvalue weighted by molar-refractivity contribution is 0.0652. The summed E-state index contributed by atoms with van der Waals surface area (Å²) < 4.78 is 16.9. The lowest BCUT2D eigenvalue weighted by Gasteiger charge is -2.25. The summed E-state index contributed by atoms with van der Waals surface area (Å²) in [5.41, 5.74) is 0.961. The Balaban J connectivity index is 1.77. The van der Waals surface area contributed by atoms with E-state index >= 15 is 0 Å². The molecular weight excluding hydrogens is 418 g/mol. The number of hydrogen-bond acceptors (Lipinski definition) is 6. The van der Waals surface area contributed by atoms with E-state index in [1.54, 1.807) is 30.3 Å². The maximum absolute atomic E-state index is 12.4. The van der Waals surface area contributed by atoms with Crippen LogP contribution in [0.1, 0.15) is 25.0 Å². The van der Waals surface area contributed by atoms with Gasteiger partial charge in [0.15, 0.2) is 11.5 Å². The van der Waals surface area contributed by atoms with E-state index in [4.69, 9.17) is 14.2 Å². The van der Waals surface area contributed by atoms with Gasteiger partial charge in [0.2, 0.25) is 6.79 Å². The number of ether oxygens (including phenoxy) is 3. The third kappa shape index (κ3) is 4.64. The molecule has 1 amide bonds. The summed E-state index contributed by atoms with van der Waals surface area (Å²) in [5, 5.41) is 22.1. The van der Waals surface area contributed by atoms with Crippen molar-refractivity contribution < 1.29 is 29.2 Å². The monoisotopic (exact) mass is 437 g/mol. The summed E-state index contributed by atoms with van der Waals surface area (Å²) in [7, 11) is 0. The Hall–Kier alpha value is -2.45. The number of anilines is 1. The number of amides is 1. The van der Waals surface area contributed by atoms with Gasteiger partial charge < -0.3 is 24.4 Å². The van der Waals surface area contributed by atoms with Gasteiger partial charge in [-0.2, -0.15) is 0 Å². The van der Waals surface area contributed by atoms with Gasteiger partial charge in [0.25, 0.3) is 0 Å². The van der Waals surface area contributed by atoms with Gasteiger partial charge in [-0.25, -0.2) is 4.79 Å². The number of nitrogens with one attached hydrogen (secondary N) is 1. The van der Waals surface area contributed by atoms with Crippen LogP contribution in [0, 0.1) is 5.92 Å². The number of phenolic OH excluding ortho intramolecular Hbond substituents is 1. The summed E-state index contributed by atoms with van der Waals surface area (Å²) in [6.07, 6.45) is -1.000. The molecule has 0 radical (unpaired) electrons. The maximum atomic E-state index is 12.4. The predicted molar refractivity (Wildman–Crippen MR) is 102 cm³/mol. The molecule has 0 saturated heterocycles. The molecule has 1 heterocycles. The molecule has 1 aliphatic heterocycles. The summed E-state index contributed by atoms with van der Waals surface area (Å²) in [6.45, 7) is 1.93. The van der Waals surface area contributed by atoms with Crippen molar-refractivity contribution in [1.29, 1.82) is 0 Å². The van der Waals surface area contributed by atoms with Gasteiger partial charge in [0.05, 0.1) is 0 Å². The lowest BCUT2D eigenvalue weighted by Crippen LogP contribution is -2.22. The van der Waals surface area contributed by atoms with E-state index in [-0.39, 0.29) is 25.1 Å². The van der Waals surface area contributed by atoms with Crippen molar-refractivity contribution in [3.63, 3.8) is 0 Å². The number of carbonyl (C=O) groups is 1. The molecule has 2 aromatic rings. The number of benzene rings is 2. The van der Waals surface area contributed by atoms with E-state index < -0.39 is 12.2 Å². The number of fused-ring (bicyclic) bond motifs is 1. The number of carbonyl (C=O) groups excluding carboxylic acids is 1. The Morgan fingerprint density at radius 2 is 2.04 bits per heavy atom. The van der Waals surface area contributed by atoms with Gasteiger partial charge in [-0.15, -0.1) is 0 Å². The highest BCUT2D eigenvalue weighted by Gasteiger charge is 2.26. The first kappa shape index (κ1) is 19.3. The minimum absolute atomic E-state index is 0.0175. The molecule has 2 aromatic carbocycles. The molecule has 0 saturated carbocycles.